The van der Waals surface area contributed by atoms with Gasteiger partial charge in [-0.05, 0) is 31.2 Å². The summed E-state index contributed by atoms with van der Waals surface area (Å²) in [5, 5.41) is 6.23. The topological polar surface area (TPSA) is 59.1 Å². The highest BCUT2D eigenvalue weighted by Gasteiger charge is 2.30. The maximum absolute atomic E-state index is 12.5. The van der Waals surface area contributed by atoms with Gasteiger partial charge in [-0.25, -0.2) is 4.98 Å². The first-order valence-electron chi connectivity index (χ1n) is 7.60. The van der Waals surface area contributed by atoms with Gasteiger partial charge in [0.1, 0.15) is 17.7 Å². The normalized spacial score (nSPS) is 17.7. The molecule has 1 saturated heterocycles. The van der Waals surface area contributed by atoms with Crippen LogP contribution in [0.2, 0.25) is 0 Å². The SMILES string of the molecule is FC(F)(F)c1ccc(NCc2ccncc2O[C@H]2CCNC2)nc1. The first kappa shape index (κ1) is 16.5. The van der Waals surface area contributed by atoms with E-state index in [4.69, 9.17) is 4.74 Å². The molecule has 128 valence electrons. The zero-order valence-corrected chi connectivity index (χ0v) is 12.8. The molecule has 0 unspecified atom stereocenters. The highest BCUT2D eigenvalue weighted by Crippen LogP contribution is 2.29. The number of hydrogen-bond donors (Lipinski definition) is 2. The molecule has 5 nitrogen and oxygen atoms in total. The second kappa shape index (κ2) is 7.04. The van der Waals surface area contributed by atoms with E-state index in [1.807, 2.05) is 6.07 Å². The van der Waals surface area contributed by atoms with Crippen LogP contribution < -0.4 is 15.4 Å². The fraction of sp³-hybridized carbons (Fsp3) is 0.375. The van der Waals surface area contributed by atoms with Gasteiger partial charge in [0.05, 0.1) is 11.8 Å². The smallest absolute Gasteiger partial charge is 0.417 e. The summed E-state index contributed by atoms with van der Waals surface area (Å²) in [7, 11) is 0. The Bertz CT molecular complexity index is 670. The third-order valence-corrected chi connectivity index (χ3v) is 3.73. The number of aromatic nitrogens is 2. The van der Waals surface area contributed by atoms with Crippen molar-refractivity contribution in [3.8, 4) is 5.75 Å². The van der Waals surface area contributed by atoms with E-state index in [1.165, 1.54) is 6.07 Å². The van der Waals surface area contributed by atoms with E-state index in [1.54, 1.807) is 12.4 Å². The number of nitrogens with one attached hydrogen (secondary N) is 2. The summed E-state index contributed by atoms with van der Waals surface area (Å²) >= 11 is 0. The van der Waals surface area contributed by atoms with Crippen LogP contribution in [0.1, 0.15) is 17.5 Å². The highest BCUT2D eigenvalue weighted by atomic mass is 19.4. The molecule has 1 aliphatic rings. The van der Waals surface area contributed by atoms with E-state index in [9.17, 15) is 13.2 Å². The molecule has 1 fully saturated rings. The molecule has 0 spiro atoms. The van der Waals surface area contributed by atoms with Crippen molar-refractivity contribution in [2.45, 2.75) is 25.2 Å². The molecule has 3 rings (SSSR count). The van der Waals surface area contributed by atoms with Gasteiger partial charge in [0.2, 0.25) is 0 Å². The van der Waals surface area contributed by atoms with E-state index in [0.29, 0.717) is 18.1 Å². The zero-order chi connectivity index (χ0) is 17.0. The number of rotatable bonds is 5. The molecule has 2 N–H and O–H groups in total. The first-order chi connectivity index (χ1) is 11.5. The predicted octanol–water partition coefficient (Wildman–Crippen LogP) is 2.85. The second-order valence-electron chi connectivity index (χ2n) is 5.50. The van der Waals surface area contributed by atoms with Crippen LogP contribution in [0.3, 0.4) is 0 Å². The van der Waals surface area contributed by atoms with Crippen LogP contribution in [0, 0.1) is 0 Å². The van der Waals surface area contributed by atoms with Gasteiger partial charge in [-0.1, -0.05) is 0 Å². The van der Waals surface area contributed by atoms with Crippen LogP contribution >= 0.6 is 0 Å². The minimum Gasteiger partial charge on any atom is -0.487 e. The van der Waals surface area contributed by atoms with E-state index < -0.39 is 11.7 Å². The molecular weight excluding hydrogens is 321 g/mol. The summed E-state index contributed by atoms with van der Waals surface area (Å²) in [6.45, 7) is 2.10. The van der Waals surface area contributed by atoms with Crippen LogP contribution in [0.25, 0.3) is 0 Å². The van der Waals surface area contributed by atoms with E-state index >= 15 is 0 Å². The fourth-order valence-corrected chi connectivity index (χ4v) is 2.42. The predicted molar refractivity (Wildman–Crippen MR) is 82.7 cm³/mol. The minimum absolute atomic E-state index is 0.108. The lowest BCUT2D eigenvalue weighted by Crippen LogP contribution is -2.20. The molecule has 3 heterocycles. The summed E-state index contributed by atoms with van der Waals surface area (Å²) in [5.74, 6) is 1.04. The second-order valence-corrected chi connectivity index (χ2v) is 5.50. The van der Waals surface area contributed by atoms with Crippen molar-refractivity contribution in [3.63, 3.8) is 0 Å². The first-order valence-corrected chi connectivity index (χ1v) is 7.60. The maximum atomic E-state index is 12.5. The summed E-state index contributed by atoms with van der Waals surface area (Å²) in [4.78, 5) is 7.86. The number of ether oxygens (including phenoxy) is 1. The molecule has 2 aromatic rings. The molecule has 0 radical (unpaired) electrons. The summed E-state index contributed by atoms with van der Waals surface area (Å²) in [5.41, 5.74) is 0.105. The summed E-state index contributed by atoms with van der Waals surface area (Å²) < 4.78 is 43.5. The largest absolute Gasteiger partial charge is 0.487 e. The highest BCUT2D eigenvalue weighted by molar-refractivity contribution is 5.39. The number of hydrogen-bond acceptors (Lipinski definition) is 5. The summed E-state index contributed by atoms with van der Waals surface area (Å²) in [6.07, 6.45) is 0.773. The Morgan fingerprint density at radius 2 is 2.12 bits per heavy atom. The van der Waals surface area contributed by atoms with Crippen molar-refractivity contribution in [1.29, 1.82) is 0 Å². The van der Waals surface area contributed by atoms with Crippen molar-refractivity contribution < 1.29 is 17.9 Å². The third-order valence-electron chi connectivity index (χ3n) is 3.73. The lowest BCUT2D eigenvalue weighted by molar-refractivity contribution is -0.137. The van der Waals surface area contributed by atoms with Gasteiger partial charge in [0, 0.05) is 31.0 Å². The van der Waals surface area contributed by atoms with Gasteiger partial charge in [0.25, 0.3) is 0 Å². The van der Waals surface area contributed by atoms with Gasteiger partial charge >= 0.3 is 6.18 Å². The number of halogens is 3. The number of nitrogens with zero attached hydrogens (tertiary/aromatic N) is 2. The Morgan fingerprint density at radius 1 is 1.25 bits per heavy atom. The standard InChI is InChI=1S/C16H17F3N4O/c17-16(18,19)12-1-2-15(23-8-12)22-7-11-3-5-21-10-14(11)24-13-4-6-20-9-13/h1-3,5,8,10,13,20H,4,6-7,9H2,(H,22,23)/t13-/m0/s1. The van der Waals surface area contributed by atoms with Crippen LogP contribution in [0.5, 0.6) is 5.75 Å². The minimum atomic E-state index is -4.38. The molecule has 0 bridgehead atoms. The molecule has 24 heavy (non-hydrogen) atoms. The van der Waals surface area contributed by atoms with Crippen molar-refractivity contribution in [3.05, 3.63) is 47.9 Å². The van der Waals surface area contributed by atoms with Crippen LogP contribution in [0.4, 0.5) is 19.0 Å². The molecule has 0 saturated carbocycles. The van der Waals surface area contributed by atoms with Gasteiger partial charge < -0.3 is 15.4 Å². The number of alkyl halides is 3. The average molecular weight is 338 g/mol. The molecule has 1 aliphatic heterocycles. The Kier molecular flexibility index (Phi) is 4.84. The van der Waals surface area contributed by atoms with Crippen molar-refractivity contribution in [2.24, 2.45) is 0 Å². The number of pyridine rings is 2. The van der Waals surface area contributed by atoms with Gasteiger partial charge in [0.15, 0.2) is 0 Å². The monoisotopic (exact) mass is 338 g/mol. The van der Waals surface area contributed by atoms with Crippen molar-refractivity contribution in [1.82, 2.24) is 15.3 Å². The van der Waals surface area contributed by atoms with Gasteiger partial charge in [-0.2, -0.15) is 13.2 Å². The van der Waals surface area contributed by atoms with Crippen LogP contribution in [0.15, 0.2) is 36.8 Å². The van der Waals surface area contributed by atoms with Crippen LogP contribution in [-0.2, 0) is 12.7 Å². The van der Waals surface area contributed by atoms with Crippen LogP contribution in [-0.4, -0.2) is 29.2 Å². The molecule has 2 aromatic heterocycles. The van der Waals surface area contributed by atoms with Gasteiger partial charge in [-0.3, -0.25) is 4.98 Å². The molecule has 0 aliphatic carbocycles. The Balaban J connectivity index is 1.64. The Labute approximate surface area is 137 Å². The van der Waals surface area contributed by atoms with Gasteiger partial charge in [-0.15, -0.1) is 0 Å². The quantitative estimate of drug-likeness (QED) is 0.878. The van der Waals surface area contributed by atoms with E-state index in [-0.39, 0.29) is 6.10 Å². The molecule has 8 heteroatoms. The maximum Gasteiger partial charge on any atom is 0.417 e. The third kappa shape index (κ3) is 4.14. The van der Waals surface area contributed by atoms with E-state index in [2.05, 4.69) is 20.6 Å². The Morgan fingerprint density at radius 3 is 2.79 bits per heavy atom. The van der Waals surface area contributed by atoms with Crippen molar-refractivity contribution >= 4 is 5.82 Å². The molecule has 0 aromatic carbocycles. The fourth-order valence-electron chi connectivity index (χ4n) is 2.42. The number of anilines is 1. The molecule has 0 amide bonds. The molecular formula is C16H17F3N4O. The van der Waals surface area contributed by atoms with Crippen molar-refractivity contribution in [2.75, 3.05) is 18.4 Å². The molecule has 1 atom stereocenters. The van der Waals surface area contributed by atoms with E-state index in [0.717, 1.165) is 37.3 Å². The summed E-state index contributed by atoms with van der Waals surface area (Å²) in [6, 6.07) is 4.13. The lowest BCUT2D eigenvalue weighted by Gasteiger charge is -2.16. The average Bonchev–Trinajstić information content (AvgIpc) is 3.07. The Hall–Kier alpha value is -2.35. The zero-order valence-electron chi connectivity index (χ0n) is 12.8. The lowest BCUT2D eigenvalue weighted by atomic mass is 10.2.